The summed E-state index contributed by atoms with van der Waals surface area (Å²) in [6, 6.07) is 72.7. The Bertz CT molecular complexity index is 6580. The van der Waals surface area contributed by atoms with Gasteiger partial charge in [-0.25, -0.2) is 42.3 Å². The molecule has 7 heterocycles. The van der Waals surface area contributed by atoms with Crippen LogP contribution >= 0.6 is 0 Å². The van der Waals surface area contributed by atoms with E-state index in [0.29, 0.717) is 148 Å². The summed E-state index contributed by atoms with van der Waals surface area (Å²) in [6.07, 6.45) is 2.18. The number of hydrogen-bond acceptors (Lipinski definition) is 18. The highest BCUT2D eigenvalue weighted by Gasteiger charge is 2.39. The molecule has 0 bridgehead atoms. The maximum atomic E-state index is 15.1. The number of aromatic nitrogens is 9. The van der Waals surface area contributed by atoms with Gasteiger partial charge < -0.3 is 68.8 Å². The number of carbonyl (C=O) groups is 4. The van der Waals surface area contributed by atoms with Crippen molar-refractivity contribution in [2.24, 2.45) is 13.0 Å². The minimum Gasteiger partial charge on any atom is -0.476 e. The fraction of sp³-hybridized carbons (Fsp3) is 0.306. The van der Waals surface area contributed by atoms with Gasteiger partial charge >= 0.3 is 24.1 Å². The first-order valence-electron chi connectivity index (χ1n) is 46.4. The van der Waals surface area contributed by atoms with E-state index in [2.05, 4.69) is 75.8 Å². The van der Waals surface area contributed by atoms with Crippen LogP contribution in [-0.2, 0) is 78.6 Å². The summed E-state index contributed by atoms with van der Waals surface area (Å²) in [5, 5.41) is 42.3. The molecule has 8 amide bonds. The summed E-state index contributed by atoms with van der Waals surface area (Å²) in [7, 11) is 12.4. The number of benzene rings is 9. The van der Waals surface area contributed by atoms with Crippen LogP contribution in [0.25, 0.3) is 34.0 Å². The monoisotopic (exact) mass is 1900 g/mol. The van der Waals surface area contributed by atoms with Gasteiger partial charge in [0, 0.05) is 117 Å². The highest BCUT2D eigenvalue weighted by atomic mass is 19.1. The third-order valence-electron chi connectivity index (χ3n) is 24.1. The second kappa shape index (κ2) is 48.8. The van der Waals surface area contributed by atoms with Crippen LogP contribution in [0.1, 0.15) is 101 Å². The van der Waals surface area contributed by atoms with Crippen molar-refractivity contribution in [1.82, 2.24) is 74.8 Å². The molecular weight excluding hydrogens is 1770 g/mol. The number of nitrogens with zero attached hydrogens (tertiary/aromatic N) is 11. The molecule has 0 spiro atoms. The number of methoxy groups -OCH3 is 4. The zero-order valence-electron chi connectivity index (χ0n) is 82.4. The SMILES string of the molecule is COCc1ccc(C)c(CNC(=O)Nc2c(C)c(-c3cc(C)c(=O)n(C)c3)nn2-c2ccccc2)c1.COCc1ccc(C)c(CNC(=O)Nc2c(C)c(OCC3(F)CCN(C)C3)nn2-c2ccccc2)c1.COCc1ccc(C)c(CNC(=O)Nc2c(C)c(OCC3CN(C)C3)nn2-c2ccccc2)c1.COCc1ccc(C)c(CNC(=O)Nc2c(C)c(Oc3ccccc3)nn2-c2ccccc2)c1. The van der Waals surface area contributed by atoms with Crippen molar-refractivity contribution in [2.45, 2.75) is 127 Å². The van der Waals surface area contributed by atoms with Crippen molar-refractivity contribution in [1.29, 1.82) is 0 Å². The van der Waals surface area contributed by atoms with Crippen LogP contribution in [0.2, 0.25) is 0 Å². The van der Waals surface area contributed by atoms with Crippen LogP contribution in [0, 0.1) is 68.2 Å². The molecule has 0 radical (unpaired) electrons. The Labute approximate surface area is 816 Å². The fourth-order valence-corrected chi connectivity index (χ4v) is 16.3. The first-order chi connectivity index (χ1) is 67.5. The van der Waals surface area contributed by atoms with Crippen molar-refractivity contribution >= 4 is 47.4 Å². The van der Waals surface area contributed by atoms with Crippen LogP contribution in [-0.4, -0.2) is 165 Å². The molecule has 16 rings (SSSR count). The maximum Gasteiger partial charge on any atom is 0.320 e. The molecule has 2 saturated heterocycles. The standard InChI is InChI=1S/C28H31N5O3.C27H34FN5O3.C27H28N4O3.C26H33N5O3/c1-18-11-12-21(17-36-5)14-22(18)15-29-28(35)30-26-20(3)25(23-13-19(2)27(34)32(4)16-23)31-33(26)24-9-7-6-8-10-24;1-19-10-11-21(16-35-4)14-22(19)15-29-26(34)30-24-20(2)25(31-33(24)23-8-6-5-7-9-23)36-18-27(28)12-13-32(3)17-27;1-19-14-15-21(18-33-3)16-22(19)17-28-27(32)29-25-20(2)26(34-24-12-8-5-9-13-24)30-31(25)23-10-6-4-7-11-23;1-18-10-11-20(16-33-4)12-22(18)13-27-26(32)28-24-19(2)25(34-17-21-14-30(3)15-21)29-31(24)23-8-6-5-7-9-23/h6-14,16H,15,17H2,1-5H3,(H2,29,30,35);5-11,14H,12-13,15-18H2,1-4H3,(H2,29,30,34);4-16H,17-18H2,1-3H3,(H2,28,29,32);5-12,21H,13-17H2,1-4H3,(H2,27,28,32). The molecule has 2 fully saturated rings. The molecule has 1 unspecified atom stereocenters. The number of anilines is 4. The number of ether oxygens (including phenoxy) is 7. The van der Waals surface area contributed by atoms with Gasteiger partial charge in [-0.15, -0.1) is 15.3 Å². The van der Waals surface area contributed by atoms with Gasteiger partial charge in [-0.2, -0.15) is 5.10 Å². The zero-order chi connectivity index (χ0) is 99.5. The molecule has 0 aliphatic carbocycles. The lowest BCUT2D eigenvalue weighted by Crippen LogP contribution is -2.46. The number of alkyl halides is 1. The van der Waals surface area contributed by atoms with E-state index in [1.54, 1.807) is 78.8 Å². The molecule has 1 atom stereocenters. The van der Waals surface area contributed by atoms with E-state index in [9.17, 15) is 24.0 Å². The molecule has 140 heavy (non-hydrogen) atoms. The van der Waals surface area contributed by atoms with Gasteiger partial charge in [0.2, 0.25) is 17.6 Å². The van der Waals surface area contributed by atoms with Gasteiger partial charge in [-0.1, -0.05) is 164 Å². The fourth-order valence-electron chi connectivity index (χ4n) is 16.3. The lowest BCUT2D eigenvalue weighted by molar-refractivity contribution is 0.0834. The number of halogens is 1. The van der Waals surface area contributed by atoms with Crippen molar-refractivity contribution in [3.63, 3.8) is 0 Å². The average Bonchev–Trinajstić information content (AvgIpc) is 1.58. The average molecular weight is 1900 g/mol. The van der Waals surface area contributed by atoms with Gasteiger partial charge in [-0.3, -0.25) is 26.1 Å². The van der Waals surface area contributed by atoms with Crippen LogP contribution in [0.3, 0.4) is 0 Å². The van der Waals surface area contributed by atoms with Crippen LogP contribution in [0.15, 0.2) is 242 Å². The van der Waals surface area contributed by atoms with Gasteiger partial charge in [0.05, 0.1) is 78.2 Å². The van der Waals surface area contributed by atoms with Crippen LogP contribution in [0.4, 0.5) is 46.8 Å². The van der Waals surface area contributed by atoms with E-state index in [1.165, 1.54) is 0 Å². The van der Waals surface area contributed by atoms with Gasteiger partial charge in [0.1, 0.15) is 35.6 Å². The molecule has 732 valence electrons. The Morgan fingerprint density at radius 2 is 0.721 bits per heavy atom. The summed E-state index contributed by atoms with van der Waals surface area (Å²) >= 11 is 0. The highest BCUT2D eigenvalue weighted by Crippen LogP contribution is 2.37. The Morgan fingerprint density at radius 1 is 0.393 bits per heavy atom. The quantitative estimate of drug-likeness (QED) is 0.0189. The highest BCUT2D eigenvalue weighted by molar-refractivity contribution is 5.93. The summed E-state index contributed by atoms with van der Waals surface area (Å²) in [4.78, 5) is 68.1. The van der Waals surface area contributed by atoms with Gasteiger partial charge in [-0.05, 0) is 216 Å². The van der Waals surface area contributed by atoms with E-state index < -0.39 is 5.67 Å². The number of hydrogen-bond donors (Lipinski definition) is 8. The number of pyridine rings is 1. The van der Waals surface area contributed by atoms with E-state index >= 15 is 4.39 Å². The van der Waals surface area contributed by atoms with Crippen LogP contribution in [0.5, 0.6) is 23.4 Å². The third kappa shape index (κ3) is 27.3. The molecular formula is C108H126FN19O12. The van der Waals surface area contributed by atoms with E-state index in [0.717, 1.165) is 125 Å². The smallest absolute Gasteiger partial charge is 0.320 e. The predicted octanol–water partition coefficient (Wildman–Crippen LogP) is 18.7. The predicted molar refractivity (Wildman–Crippen MR) is 544 cm³/mol. The molecule has 5 aromatic heterocycles. The molecule has 8 N–H and O–H groups in total. The van der Waals surface area contributed by atoms with E-state index in [-0.39, 0.29) is 36.3 Å². The summed E-state index contributed by atoms with van der Waals surface area (Å²) < 4.78 is 62.2. The minimum absolute atomic E-state index is 0.0542. The number of para-hydroxylation sites is 5. The summed E-state index contributed by atoms with van der Waals surface area (Å²) in [5.74, 6) is 4.59. The number of amides is 8. The van der Waals surface area contributed by atoms with Crippen molar-refractivity contribution in [3.8, 4) is 57.4 Å². The Hall–Kier alpha value is -15.1. The Morgan fingerprint density at radius 3 is 1.06 bits per heavy atom. The topological polar surface area (TPSA) is 329 Å². The number of likely N-dealkylation sites (tertiary alicyclic amines) is 2. The first kappa shape index (κ1) is 102. The minimum atomic E-state index is -1.42. The lowest BCUT2D eigenvalue weighted by Gasteiger charge is -2.35. The molecule has 9 aromatic carbocycles. The number of aryl methyl sites for hydroxylation is 6. The molecule has 31 nitrogen and oxygen atoms in total. The number of carbonyl (C=O) groups excluding carboxylic acids is 4. The molecule has 2 aliphatic heterocycles. The van der Waals surface area contributed by atoms with Crippen molar-refractivity contribution in [3.05, 3.63) is 342 Å². The largest absolute Gasteiger partial charge is 0.476 e. The normalized spacial score (nSPS) is 13.4. The summed E-state index contributed by atoms with van der Waals surface area (Å²) in [5.41, 5.74) is 19.5. The second-order valence-electron chi connectivity index (χ2n) is 35.2. The Balaban J connectivity index is 0.000000157. The first-order valence-corrected chi connectivity index (χ1v) is 46.4. The third-order valence-corrected chi connectivity index (χ3v) is 24.1. The lowest BCUT2D eigenvalue weighted by atomic mass is 10.0. The zero-order valence-corrected chi connectivity index (χ0v) is 82.4. The van der Waals surface area contributed by atoms with Gasteiger partial charge in [0.25, 0.3) is 5.56 Å². The van der Waals surface area contributed by atoms with E-state index in [4.69, 9.17) is 38.3 Å². The number of rotatable bonds is 33. The number of nitrogens with one attached hydrogen (secondary N) is 8. The van der Waals surface area contributed by atoms with E-state index in [1.807, 2.05) is 285 Å². The summed E-state index contributed by atoms with van der Waals surface area (Å²) in [6.45, 7) is 24.6. The molecule has 0 saturated carbocycles. The Kier molecular flexibility index (Phi) is 35.7. The van der Waals surface area contributed by atoms with Crippen LogP contribution < -0.4 is 62.3 Å². The second-order valence-corrected chi connectivity index (χ2v) is 35.2. The van der Waals surface area contributed by atoms with Crippen molar-refractivity contribution in [2.75, 3.05) is 103 Å². The molecule has 2 aliphatic rings. The number of urea groups is 4. The molecule has 14 aromatic rings. The van der Waals surface area contributed by atoms with Gasteiger partial charge in [0.15, 0.2) is 5.67 Å². The van der Waals surface area contributed by atoms with Crippen molar-refractivity contribution < 1.29 is 56.7 Å². The molecule has 32 heteroatoms. The maximum absolute atomic E-state index is 15.1.